The van der Waals surface area contributed by atoms with Crippen molar-refractivity contribution < 1.29 is 0 Å². The monoisotopic (exact) mass is 235 g/mol. The largest absolute Gasteiger partial charge is 0.307 e. The van der Waals surface area contributed by atoms with Crippen LogP contribution in [0.25, 0.3) is 0 Å². The summed E-state index contributed by atoms with van der Waals surface area (Å²) in [6.07, 6.45) is 1.63. The summed E-state index contributed by atoms with van der Waals surface area (Å²) < 4.78 is 0. The van der Waals surface area contributed by atoms with Crippen LogP contribution in [0, 0.1) is 34.5 Å². The molecule has 0 rings (SSSR count). The zero-order chi connectivity index (χ0) is 13.7. The average Bonchev–Trinajstić information content (AvgIpc) is 2.13. The van der Waals surface area contributed by atoms with Crippen LogP contribution in [0.5, 0.6) is 0 Å². The maximum Gasteiger partial charge on any atom is 0.0653 e. The summed E-state index contributed by atoms with van der Waals surface area (Å²) in [5, 5.41) is 21.3. The van der Waals surface area contributed by atoms with E-state index in [1.165, 1.54) is 0 Å². The molecule has 0 bridgehead atoms. The Kier molecular flexibility index (Phi) is 5.66. The Hall–Kier alpha value is -1.06. The lowest BCUT2D eigenvalue weighted by Crippen LogP contribution is -2.53. The van der Waals surface area contributed by atoms with E-state index in [9.17, 15) is 0 Å². The first-order valence-corrected chi connectivity index (χ1v) is 6.20. The van der Waals surface area contributed by atoms with Gasteiger partial charge in [-0.3, -0.25) is 0 Å². The third kappa shape index (κ3) is 6.97. The molecule has 0 aromatic carbocycles. The van der Waals surface area contributed by atoms with Crippen LogP contribution in [0.3, 0.4) is 0 Å². The van der Waals surface area contributed by atoms with E-state index in [-0.39, 0.29) is 22.9 Å². The number of nitrogens with zero attached hydrogens (tertiary/aromatic N) is 2. The van der Waals surface area contributed by atoms with Crippen LogP contribution in [-0.2, 0) is 0 Å². The van der Waals surface area contributed by atoms with Gasteiger partial charge < -0.3 is 5.32 Å². The summed E-state index contributed by atoms with van der Waals surface area (Å²) in [6, 6.07) is 4.53. The van der Waals surface area contributed by atoms with E-state index in [1.807, 2.05) is 13.8 Å². The number of nitriles is 2. The number of nitrogens with one attached hydrogen (secondary N) is 1. The predicted molar refractivity (Wildman–Crippen MR) is 70.1 cm³/mol. The lowest BCUT2D eigenvalue weighted by molar-refractivity contribution is 0.218. The third-order valence-corrected chi connectivity index (χ3v) is 2.75. The van der Waals surface area contributed by atoms with E-state index in [2.05, 4.69) is 45.2 Å². The van der Waals surface area contributed by atoms with Gasteiger partial charge in [0.05, 0.1) is 12.1 Å². The van der Waals surface area contributed by atoms with Crippen LogP contribution in [-0.4, -0.2) is 11.1 Å². The highest BCUT2D eigenvalue weighted by atomic mass is 15.0. The molecule has 0 aromatic rings. The highest BCUT2D eigenvalue weighted by molar-refractivity contribution is 4.95. The molecule has 0 saturated heterocycles. The molecule has 0 aromatic heterocycles. The van der Waals surface area contributed by atoms with Gasteiger partial charge in [0.2, 0.25) is 0 Å². The number of rotatable bonds is 6. The normalized spacial score (nSPS) is 15.8. The molecule has 0 aliphatic carbocycles. The van der Waals surface area contributed by atoms with Crippen LogP contribution in [0.15, 0.2) is 0 Å². The molecule has 0 radical (unpaired) electrons. The topological polar surface area (TPSA) is 59.6 Å². The van der Waals surface area contributed by atoms with Gasteiger partial charge in [-0.15, -0.1) is 0 Å². The molecular weight excluding hydrogens is 210 g/mol. The Balaban J connectivity index is 4.49. The maximum absolute atomic E-state index is 8.86. The maximum atomic E-state index is 8.86. The summed E-state index contributed by atoms with van der Waals surface area (Å²) >= 11 is 0. The molecular formula is C14H25N3. The quantitative estimate of drug-likeness (QED) is 0.769. The molecule has 2 atom stereocenters. The number of hydrogen-bond donors (Lipinski definition) is 1. The minimum absolute atomic E-state index is 0.0432. The van der Waals surface area contributed by atoms with E-state index in [1.54, 1.807) is 0 Å². The van der Waals surface area contributed by atoms with Gasteiger partial charge in [-0.2, -0.15) is 10.5 Å². The van der Waals surface area contributed by atoms with Gasteiger partial charge >= 0.3 is 0 Å². The second kappa shape index (κ2) is 6.03. The summed E-state index contributed by atoms with van der Waals surface area (Å²) in [4.78, 5) is 0. The Morgan fingerprint density at radius 1 is 0.882 bits per heavy atom. The van der Waals surface area contributed by atoms with Crippen molar-refractivity contribution in [2.45, 2.75) is 65.5 Å². The summed E-state index contributed by atoms with van der Waals surface area (Å²) in [5.41, 5.74) is -0.179. The molecule has 96 valence electrons. The smallest absolute Gasteiger partial charge is 0.0653 e. The average molecular weight is 235 g/mol. The molecule has 17 heavy (non-hydrogen) atoms. The Bertz CT molecular complexity index is 285. The fourth-order valence-corrected chi connectivity index (χ4v) is 2.64. The van der Waals surface area contributed by atoms with Gasteiger partial charge in [0, 0.05) is 22.9 Å². The summed E-state index contributed by atoms with van der Waals surface area (Å²) in [6.45, 7) is 12.3. The van der Waals surface area contributed by atoms with Crippen LogP contribution >= 0.6 is 0 Å². The van der Waals surface area contributed by atoms with Gasteiger partial charge in [0.1, 0.15) is 0 Å². The lowest BCUT2D eigenvalue weighted by Gasteiger charge is -2.38. The molecule has 2 unspecified atom stereocenters. The Morgan fingerprint density at radius 2 is 1.18 bits per heavy atom. The lowest BCUT2D eigenvalue weighted by atomic mass is 9.85. The molecule has 0 aliphatic rings. The molecule has 0 amide bonds. The fourth-order valence-electron chi connectivity index (χ4n) is 2.64. The van der Waals surface area contributed by atoms with E-state index in [0.717, 1.165) is 12.8 Å². The van der Waals surface area contributed by atoms with Crippen LogP contribution in [0.1, 0.15) is 54.4 Å². The Morgan fingerprint density at radius 3 is 1.41 bits per heavy atom. The van der Waals surface area contributed by atoms with E-state index in [4.69, 9.17) is 10.5 Å². The SMILES string of the molecule is CC(C#N)CC(C)(C)NC(C)(C)CC(C)C#N. The first-order valence-electron chi connectivity index (χ1n) is 6.20. The van der Waals surface area contributed by atoms with Gasteiger partial charge in [-0.1, -0.05) is 0 Å². The second-order valence-electron chi connectivity index (χ2n) is 6.36. The Labute approximate surface area is 106 Å². The van der Waals surface area contributed by atoms with Crippen molar-refractivity contribution in [3.63, 3.8) is 0 Å². The zero-order valence-corrected chi connectivity index (χ0v) is 12.0. The minimum atomic E-state index is -0.0895. The first kappa shape index (κ1) is 15.9. The van der Waals surface area contributed by atoms with E-state index in [0.29, 0.717) is 0 Å². The van der Waals surface area contributed by atoms with Crippen LogP contribution < -0.4 is 5.32 Å². The van der Waals surface area contributed by atoms with Crippen molar-refractivity contribution >= 4 is 0 Å². The van der Waals surface area contributed by atoms with Crippen molar-refractivity contribution in [3.8, 4) is 12.1 Å². The van der Waals surface area contributed by atoms with E-state index < -0.39 is 0 Å². The molecule has 0 aliphatic heterocycles. The highest BCUT2D eigenvalue weighted by Crippen LogP contribution is 2.23. The molecule has 0 fully saturated rings. The van der Waals surface area contributed by atoms with Gasteiger partial charge in [0.25, 0.3) is 0 Å². The van der Waals surface area contributed by atoms with Crippen molar-refractivity contribution in [1.82, 2.24) is 5.32 Å². The zero-order valence-electron chi connectivity index (χ0n) is 12.0. The standard InChI is InChI=1S/C14H25N3/c1-11(9-15)7-13(3,4)17-14(5,6)8-12(2)10-16/h11-12,17H,7-8H2,1-6H3. The van der Waals surface area contributed by atoms with Crippen molar-refractivity contribution in [1.29, 1.82) is 10.5 Å². The minimum Gasteiger partial charge on any atom is -0.307 e. The first-order chi connectivity index (χ1) is 7.62. The van der Waals surface area contributed by atoms with Gasteiger partial charge in [-0.25, -0.2) is 0 Å². The van der Waals surface area contributed by atoms with E-state index >= 15 is 0 Å². The molecule has 1 N–H and O–H groups in total. The third-order valence-electron chi connectivity index (χ3n) is 2.75. The van der Waals surface area contributed by atoms with Crippen molar-refractivity contribution in [2.75, 3.05) is 0 Å². The van der Waals surface area contributed by atoms with Gasteiger partial charge in [-0.05, 0) is 54.4 Å². The number of hydrogen-bond acceptors (Lipinski definition) is 3. The summed E-state index contributed by atoms with van der Waals surface area (Å²) in [7, 11) is 0. The highest BCUT2D eigenvalue weighted by Gasteiger charge is 2.29. The second-order valence-corrected chi connectivity index (χ2v) is 6.36. The summed E-state index contributed by atoms with van der Waals surface area (Å²) in [5.74, 6) is 0.0865. The van der Waals surface area contributed by atoms with Crippen LogP contribution in [0.4, 0.5) is 0 Å². The molecule has 0 heterocycles. The molecule has 0 saturated carbocycles. The fraction of sp³-hybridized carbons (Fsp3) is 0.857. The van der Waals surface area contributed by atoms with Crippen LogP contribution in [0.2, 0.25) is 0 Å². The molecule has 0 spiro atoms. The molecule has 3 heteroatoms. The van der Waals surface area contributed by atoms with Crippen molar-refractivity contribution in [2.24, 2.45) is 11.8 Å². The predicted octanol–water partition coefficient (Wildman–Crippen LogP) is 3.23. The van der Waals surface area contributed by atoms with Crippen molar-refractivity contribution in [3.05, 3.63) is 0 Å². The molecule has 3 nitrogen and oxygen atoms in total. The van der Waals surface area contributed by atoms with Gasteiger partial charge in [0.15, 0.2) is 0 Å².